The van der Waals surface area contributed by atoms with E-state index in [9.17, 15) is 21.6 Å². The molecule has 0 atom stereocenters. The zero-order valence-corrected chi connectivity index (χ0v) is 14.9. The molecule has 2 aromatic rings. The summed E-state index contributed by atoms with van der Waals surface area (Å²) in [5.74, 6) is -2.18. The molecule has 3 rings (SSSR count). The second-order valence-electron chi connectivity index (χ2n) is 4.85. The largest absolute Gasteiger partial charge is 0.405 e. The third-order valence-electron chi connectivity index (χ3n) is 2.91. The molecule has 1 N–H and O–H groups in total. The van der Waals surface area contributed by atoms with Crippen LogP contribution < -0.4 is 21.2 Å². The molecule has 0 fully saturated rings. The van der Waals surface area contributed by atoms with Crippen LogP contribution in [0.2, 0.25) is 0 Å². The van der Waals surface area contributed by atoms with Crippen LogP contribution in [0.25, 0.3) is 11.1 Å². The predicted octanol–water partition coefficient (Wildman–Crippen LogP) is 0.540. The molecule has 0 radical (unpaired) electrons. The third-order valence-corrected chi connectivity index (χ3v) is 6.61. The van der Waals surface area contributed by atoms with E-state index in [1.165, 1.54) is 16.7 Å². The van der Waals surface area contributed by atoms with Crippen molar-refractivity contribution in [3.63, 3.8) is 0 Å². The number of hydrogen-bond donors (Lipinski definition) is 1. The van der Waals surface area contributed by atoms with Gasteiger partial charge < -0.3 is 0 Å². The molecule has 124 valence electrons. The van der Waals surface area contributed by atoms with Crippen molar-refractivity contribution in [2.45, 2.75) is 13.1 Å². The molecule has 23 heavy (non-hydrogen) atoms. The molecule has 0 aromatic heterocycles. The van der Waals surface area contributed by atoms with Crippen molar-refractivity contribution < 1.29 is 47.3 Å². The van der Waals surface area contributed by atoms with Gasteiger partial charge >= 0.3 is 27.4 Å². The Kier molecular flexibility index (Phi) is 5.37. The smallest absolute Gasteiger partial charge is 0.285 e. The van der Waals surface area contributed by atoms with Crippen molar-refractivity contribution in [1.29, 1.82) is 0 Å². The summed E-state index contributed by atoms with van der Waals surface area (Å²) < 4.78 is 62.8. The summed E-state index contributed by atoms with van der Waals surface area (Å²) in [5.41, 5.74) is 4.41. The highest BCUT2D eigenvalue weighted by Gasteiger charge is 2.34. The van der Waals surface area contributed by atoms with Gasteiger partial charge in [0.2, 0.25) is 7.14 Å². The molecule has 0 spiro atoms. The molecule has 2 aromatic carbocycles. The van der Waals surface area contributed by atoms with Gasteiger partial charge in [0, 0.05) is 11.1 Å². The highest BCUT2D eigenvalue weighted by Crippen LogP contribution is 2.25. The molecule has 1 aliphatic heterocycles. The van der Waals surface area contributed by atoms with E-state index in [2.05, 4.69) is 49.4 Å². The SMILES string of the molecule is Cc1cccc2c1-c1ccccc1[I+]2.O=S(=O)(O)CC(F)(F)F. The summed E-state index contributed by atoms with van der Waals surface area (Å²) in [6, 6.07) is 15.5. The van der Waals surface area contributed by atoms with Crippen LogP contribution in [0.15, 0.2) is 42.5 Å². The molecule has 0 unspecified atom stereocenters. The first kappa shape index (κ1) is 18.2. The number of alkyl halides is 3. The highest BCUT2D eigenvalue weighted by atomic mass is 127. The van der Waals surface area contributed by atoms with Crippen LogP contribution in [0.3, 0.4) is 0 Å². The highest BCUT2D eigenvalue weighted by molar-refractivity contribution is 7.85. The minimum atomic E-state index is -4.91. The number of fused-ring (bicyclic) bond motifs is 3. The first-order chi connectivity index (χ1) is 10.6. The monoisotopic (exact) mass is 457 g/mol. The lowest BCUT2D eigenvalue weighted by atomic mass is 10.0. The zero-order chi connectivity index (χ0) is 17.3. The maximum absolute atomic E-state index is 11.0. The first-order valence-corrected chi connectivity index (χ1v) is 10.2. The van der Waals surface area contributed by atoms with Gasteiger partial charge in [-0.2, -0.15) is 21.6 Å². The molecule has 1 aliphatic rings. The van der Waals surface area contributed by atoms with Crippen LogP contribution in [0.1, 0.15) is 5.56 Å². The number of aryl methyl sites for hydroxylation is 1. The Bertz CT molecular complexity index is 817. The topological polar surface area (TPSA) is 54.4 Å². The van der Waals surface area contributed by atoms with Gasteiger partial charge in [-0.1, -0.05) is 24.3 Å². The lowest BCUT2D eigenvalue weighted by Gasteiger charge is -2.00. The van der Waals surface area contributed by atoms with Gasteiger partial charge in [-0.25, -0.2) is 0 Å². The standard InChI is InChI=1S/C13H10I.C2H3F3O3S/c1-9-5-4-8-12-13(9)10-6-2-3-7-11(10)14-12;3-2(4,5)1-9(6,7)8/h2-8H,1H3;1H2,(H,6,7,8)/q+1;. The van der Waals surface area contributed by atoms with Crippen LogP contribution in [-0.2, 0) is 10.1 Å². The molecular weight excluding hydrogens is 444 g/mol. The van der Waals surface area contributed by atoms with Crippen LogP contribution in [0, 0.1) is 14.1 Å². The Morgan fingerprint density at radius 1 is 1.04 bits per heavy atom. The second-order valence-corrected chi connectivity index (χ2v) is 9.16. The van der Waals surface area contributed by atoms with Gasteiger partial charge in [0.1, 0.15) is 0 Å². The van der Waals surface area contributed by atoms with Crippen molar-refractivity contribution >= 4 is 10.1 Å². The van der Waals surface area contributed by atoms with Crippen LogP contribution >= 0.6 is 0 Å². The molecule has 0 bridgehead atoms. The minimum Gasteiger partial charge on any atom is -0.285 e. The van der Waals surface area contributed by atoms with Gasteiger partial charge in [-0.15, -0.1) is 0 Å². The molecule has 0 saturated carbocycles. The quantitative estimate of drug-likeness (QED) is 0.429. The van der Waals surface area contributed by atoms with Gasteiger partial charge in [0.15, 0.2) is 5.75 Å². The third kappa shape index (κ3) is 5.18. The van der Waals surface area contributed by atoms with Crippen molar-refractivity contribution in [2.75, 3.05) is 5.75 Å². The molecular formula is C15H13F3IO3S+. The van der Waals surface area contributed by atoms with Gasteiger partial charge in [0.25, 0.3) is 10.1 Å². The van der Waals surface area contributed by atoms with Crippen molar-refractivity contribution in [1.82, 2.24) is 0 Å². The Hall–Kier alpha value is -1.13. The van der Waals surface area contributed by atoms with Crippen molar-refractivity contribution in [2.24, 2.45) is 0 Å². The van der Waals surface area contributed by atoms with Crippen molar-refractivity contribution in [3.05, 3.63) is 55.2 Å². The van der Waals surface area contributed by atoms with Gasteiger partial charge in [-0.3, -0.25) is 4.55 Å². The lowest BCUT2D eigenvalue weighted by molar-refractivity contribution is -0.589. The Labute approximate surface area is 142 Å². The zero-order valence-electron chi connectivity index (χ0n) is 11.9. The van der Waals surface area contributed by atoms with E-state index in [0.29, 0.717) is 0 Å². The number of hydrogen-bond acceptors (Lipinski definition) is 2. The molecule has 0 aliphatic carbocycles. The maximum Gasteiger partial charge on any atom is 0.405 e. The van der Waals surface area contributed by atoms with E-state index in [1.54, 1.807) is 7.14 Å². The van der Waals surface area contributed by atoms with Gasteiger partial charge in [-0.05, 0) is 30.7 Å². The van der Waals surface area contributed by atoms with E-state index in [-0.39, 0.29) is 21.2 Å². The summed E-state index contributed by atoms with van der Waals surface area (Å²) >= 11 is 0.0860. The van der Waals surface area contributed by atoms with E-state index in [1.807, 2.05) is 0 Å². The van der Waals surface area contributed by atoms with Crippen LogP contribution in [-0.4, -0.2) is 24.9 Å². The predicted molar refractivity (Wildman–Crippen MR) is 76.5 cm³/mol. The van der Waals surface area contributed by atoms with E-state index in [4.69, 9.17) is 4.55 Å². The first-order valence-electron chi connectivity index (χ1n) is 6.42. The lowest BCUT2D eigenvalue weighted by Crippen LogP contribution is -3.61. The Morgan fingerprint density at radius 3 is 2.22 bits per heavy atom. The minimum absolute atomic E-state index is 0.0860. The molecule has 0 amide bonds. The number of benzene rings is 2. The van der Waals surface area contributed by atoms with E-state index >= 15 is 0 Å². The normalized spacial score (nSPS) is 12.9. The fraction of sp³-hybridized carbons (Fsp3) is 0.200. The summed E-state index contributed by atoms with van der Waals surface area (Å²) in [6.45, 7) is 2.21. The summed E-state index contributed by atoms with van der Waals surface area (Å²) in [5, 5.41) is 0. The summed E-state index contributed by atoms with van der Waals surface area (Å²) in [6.07, 6.45) is -4.85. The van der Waals surface area contributed by atoms with E-state index < -0.39 is 22.0 Å². The Morgan fingerprint density at radius 2 is 1.65 bits per heavy atom. The maximum atomic E-state index is 11.0. The fourth-order valence-corrected chi connectivity index (χ4v) is 5.65. The van der Waals surface area contributed by atoms with Gasteiger partial charge in [0.05, 0.1) is 0 Å². The average molecular weight is 457 g/mol. The molecule has 0 saturated heterocycles. The fourth-order valence-electron chi connectivity index (χ4n) is 2.11. The Balaban J connectivity index is 0.000000188. The average Bonchev–Trinajstić information content (AvgIpc) is 2.74. The molecule has 1 heterocycles. The summed E-state index contributed by atoms with van der Waals surface area (Å²) in [7, 11) is -4.91. The van der Waals surface area contributed by atoms with Crippen molar-refractivity contribution in [3.8, 4) is 11.1 Å². The molecule has 8 heteroatoms. The van der Waals surface area contributed by atoms with E-state index in [0.717, 1.165) is 0 Å². The van der Waals surface area contributed by atoms with Crippen LogP contribution in [0.4, 0.5) is 13.2 Å². The number of rotatable bonds is 1. The molecule has 3 nitrogen and oxygen atoms in total. The second kappa shape index (κ2) is 6.78. The number of halogens is 4. The summed E-state index contributed by atoms with van der Waals surface area (Å²) in [4.78, 5) is 0. The van der Waals surface area contributed by atoms with Crippen LogP contribution in [0.5, 0.6) is 0 Å².